The average Bonchev–Trinajstić information content (AvgIpc) is 3.53. The molecule has 184 valence electrons. The molecule has 0 atom stereocenters. The molecular formula is C24H32ClN5O3S. The maximum absolute atomic E-state index is 13.0. The topological polar surface area (TPSA) is 112 Å². The molecule has 0 aromatic carbocycles. The third-order valence-corrected chi connectivity index (χ3v) is 6.09. The third kappa shape index (κ3) is 7.93. The summed E-state index contributed by atoms with van der Waals surface area (Å²) >= 11 is 7.24. The molecule has 10 heteroatoms. The molecule has 2 aromatic heterocycles. The molecule has 34 heavy (non-hydrogen) atoms. The number of aromatic nitrogens is 3. The second kappa shape index (κ2) is 13.8. The van der Waals surface area contributed by atoms with E-state index in [0.717, 1.165) is 36.5 Å². The quantitative estimate of drug-likeness (QED) is 0.282. The molecule has 0 unspecified atom stereocenters. The van der Waals surface area contributed by atoms with E-state index in [0.29, 0.717) is 32.7 Å². The highest BCUT2D eigenvalue weighted by Gasteiger charge is 2.21. The van der Waals surface area contributed by atoms with Crippen LogP contribution in [-0.4, -0.2) is 41.4 Å². The first-order chi connectivity index (χ1) is 16.3. The Balaban J connectivity index is 0.000000720. The van der Waals surface area contributed by atoms with Crippen molar-refractivity contribution in [1.29, 1.82) is 0 Å². The largest absolute Gasteiger partial charge is 0.494 e. The Labute approximate surface area is 209 Å². The van der Waals surface area contributed by atoms with Crippen molar-refractivity contribution in [3.8, 4) is 5.75 Å². The number of anilines is 2. The van der Waals surface area contributed by atoms with Crippen LogP contribution in [0.4, 0.5) is 10.3 Å². The van der Waals surface area contributed by atoms with E-state index in [2.05, 4.69) is 34.3 Å². The van der Waals surface area contributed by atoms with Crippen molar-refractivity contribution >= 4 is 44.7 Å². The van der Waals surface area contributed by atoms with Crippen LogP contribution in [0.3, 0.4) is 0 Å². The van der Waals surface area contributed by atoms with Gasteiger partial charge in [-0.15, -0.1) is 10.2 Å². The molecule has 1 aliphatic rings. The van der Waals surface area contributed by atoms with E-state index < -0.39 is 0 Å². The zero-order valence-corrected chi connectivity index (χ0v) is 21.8. The fourth-order valence-electron chi connectivity index (χ4n) is 3.08. The summed E-state index contributed by atoms with van der Waals surface area (Å²) in [5.41, 5.74) is 9.61. The second-order valence-electron chi connectivity index (χ2n) is 7.50. The Hall–Kier alpha value is -2.75. The zero-order valence-electron chi connectivity index (χ0n) is 20.3. The van der Waals surface area contributed by atoms with Crippen LogP contribution >= 0.6 is 22.9 Å². The van der Waals surface area contributed by atoms with Gasteiger partial charge in [0.15, 0.2) is 0 Å². The smallest absolute Gasteiger partial charge is 0.257 e. The first-order valence-electron chi connectivity index (χ1n) is 11.0. The van der Waals surface area contributed by atoms with Crippen LogP contribution in [0.1, 0.15) is 52.5 Å². The molecule has 0 aliphatic carbocycles. The third-order valence-electron chi connectivity index (χ3n) is 5.22. The van der Waals surface area contributed by atoms with E-state index in [1.165, 1.54) is 24.6 Å². The molecule has 3 rings (SSSR count). The number of amides is 1. The summed E-state index contributed by atoms with van der Waals surface area (Å²) in [6.07, 6.45) is 8.67. The highest BCUT2D eigenvalue weighted by atomic mass is 35.5. The van der Waals surface area contributed by atoms with Gasteiger partial charge >= 0.3 is 0 Å². The van der Waals surface area contributed by atoms with E-state index in [-0.39, 0.29) is 11.0 Å². The SMILES string of the molecule is C/C=C(C(=O)Nc1nnc(N)s1)\C(=C/C(C)=C(C)CC)c1cc(Cl)ncc1OC.C1CCOC1. The summed E-state index contributed by atoms with van der Waals surface area (Å²) in [7, 11) is 1.55. The molecule has 0 spiro atoms. The number of hydrogen-bond donors (Lipinski definition) is 2. The number of methoxy groups -OCH3 is 1. The van der Waals surface area contributed by atoms with E-state index in [4.69, 9.17) is 26.8 Å². The van der Waals surface area contributed by atoms with Crippen LogP contribution in [-0.2, 0) is 9.53 Å². The number of halogens is 1. The molecule has 3 heterocycles. The lowest BCUT2D eigenvalue weighted by atomic mass is 9.93. The molecule has 0 bridgehead atoms. The number of pyridine rings is 1. The Bertz CT molecular complexity index is 1070. The molecule has 1 amide bonds. The minimum absolute atomic E-state index is 0.276. The molecule has 0 radical (unpaired) electrons. The van der Waals surface area contributed by atoms with Crippen LogP contribution in [0.25, 0.3) is 5.57 Å². The molecule has 2 aromatic rings. The van der Waals surface area contributed by atoms with Gasteiger partial charge in [0.25, 0.3) is 5.91 Å². The van der Waals surface area contributed by atoms with Crippen LogP contribution in [0.2, 0.25) is 5.15 Å². The average molecular weight is 506 g/mol. The van der Waals surface area contributed by atoms with Crippen molar-refractivity contribution in [2.24, 2.45) is 0 Å². The molecule has 0 saturated carbocycles. The summed E-state index contributed by atoms with van der Waals surface area (Å²) < 4.78 is 10.4. The standard InChI is InChI=1S/C20H24ClN5O2S.C4H8O/c1-6-11(3)12(4)8-14(15-9-17(21)23-10-16(15)28-5)13(7-2)18(27)24-20-26-25-19(22)29-20;1-2-4-5-3-1/h7-10H,6H2,1-5H3,(H2,22,25)(H,24,26,27);1-4H2/b12-11?,13-7+,14-8+;. The van der Waals surface area contributed by atoms with E-state index in [1.54, 1.807) is 26.2 Å². The van der Waals surface area contributed by atoms with Gasteiger partial charge in [-0.05, 0) is 51.7 Å². The molecule has 8 nitrogen and oxygen atoms in total. The maximum Gasteiger partial charge on any atom is 0.257 e. The maximum atomic E-state index is 13.0. The van der Waals surface area contributed by atoms with Gasteiger partial charge in [0.05, 0.1) is 13.3 Å². The molecule has 1 aliphatic heterocycles. The molecule has 3 N–H and O–H groups in total. The number of nitrogen functional groups attached to an aromatic ring is 1. The van der Waals surface area contributed by atoms with Crippen LogP contribution in [0.5, 0.6) is 5.75 Å². The molecule has 1 saturated heterocycles. The van der Waals surface area contributed by atoms with Gasteiger partial charge in [-0.2, -0.15) is 0 Å². The van der Waals surface area contributed by atoms with Gasteiger partial charge in [-0.3, -0.25) is 10.1 Å². The van der Waals surface area contributed by atoms with Gasteiger partial charge < -0.3 is 15.2 Å². The highest BCUT2D eigenvalue weighted by Crippen LogP contribution is 2.34. The lowest BCUT2D eigenvalue weighted by molar-refractivity contribution is -0.112. The number of carbonyl (C=O) groups excluding carboxylic acids is 1. The Morgan fingerprint density at radius 2 is 2.03 bits per heavy atom. The Morgan fingerprint density at radius 3 is 2.53 bits per heavy atom. The predicted octanol–water partition coefficient (Wildman–Crippen LogP) is 5.69. The van der Waals surface area contributed by atoms with E-state index >= 15 is 0 Å². The Kier molecular flexibility index (Phi) is 11.2. The van der Waals surface area contributed by atoms with Gasteiger partial charge in [-0.1, -0.05) is 53.2 Å². The zero-order chi connectivity index (χ0) is 25.1. The van der Waals surface area contributed by atoms with E-state index in [1.807, 2.05) is 13.0 Å². The van der Waals surface area contributed by atoms with Crippen molar-refractivity contribution < 1.29 is 14.3 Å². The van der Waals surface area contributed by atoms with Gasteiger partial charge in [-0.25, -0.2) is 4.98 Å². The van der Waals surface area contributed by atoms with Crippen molar-refractivity contribution in [1.82, 2.24) is 15.2 Å². The Morgan fingerprint density at radius 1 is 1.32 bits per heavy atom. The number of rotatable bonds is 7. The summed E-state index contributed by atoms with van der Waals surface area (Å²) in [4.78, 5) is 17.1. The fraction of sp³-hybridized carbons (Fsp3) is 0.417. The molecular weight excluding hydrogens is 474 g/mol. The monoisotopic (exact) mass is 505 g/mol. The number of nitrogens with two attached hydrogens (primary N) is 1. The summed E-state index contributed by atoms with van der Waals surface area (Å²) in [5, 5.41) is 11.2. The number of allylic oxidation sites excluding steroid dienone is 4. The lowest BCUT2D eigenvalue weighted by Gasteiger charge is -2.16. The van der Waals surface area contributed by atoms with Crippen molar-refractivity contribution in [2.45, 2.75) is 47.0 Å². The normalized spacial score (nSPS) is 14.8. The molecule has 1 fully saturated rings. The minimum atomic E-state index is -0.341. The fourth-order valence-corrected chi connectivity index (χ4v) is 3.74. The lowest BCUT2D eigenvalue weighted by Crippen LogP contribution is -2.16. The van der Waals surface area contributed by atoms with Crippen LogP contribution in [0.15, 0.2) is 41.1 Å². The summed E-state index contributed by atoms with van der Waals surface area (Å²) in [5.74, 6) is 0.168. The number of nitrogens with zero attached hydrogens (tertiary/aromatic N) is 3. The number of ether oxygens (including phenoxy) is 2. The number of carbonyl (C=O) groups is 1. The van der Waals surface area contributed by atoms with Crippen LogP contribution < -0.4 is 15.8 Å². The van der Waals surface area contributed by atoms with Gasteiger partial charge in [0.1, 0.15) is 10.9 Å². The van der Waals surface area contributed by atoms with Gasteiger partial charge in [0.2, 0.25) is 10.3 Å². The number of hydrogen-bond acceptors (Lipinski definition) is 8. The summed E-state index contributed by atoms with van der Waals surface area (Å²) in [6.45, 7) is 9.93. The van der Waals surface area contributed by atoms with Crippen molar-refractivity contribution in [3.05, 3.63) is 51.9 Å². The minimum Gasteiger partial charge on any atom is -0.494 e. The van der Waals surface area contributed by atoms with Crippen molar-refractivity contribution in [2.75, 3.05) is 31.4 Å². The van der Waals surface area contributed by atoms with Gasteiger partial charge in [0, 0.05) is 24.4 Å². The first kappa shape index (κ1) is 27.5. The first-order valence-corrected chi connectivity index (χ1v) is 12.2. The second-order valence-corrected chi connectivity index (χ2v) is 8.90. The van der Waals surface area contributed by atoms with Crippen molar-refractivity contribution in [3.63, 3.8) is 0 Å². The highest BCUT2D eigenvalue weighted by molar-refractivity contribution is 7.19. The summed E-state index contributed by atoms with van der Waals surface area (Å²) in [6, 6.07) is 1.68. The number of nitrogens with one attached hydrogen (secondary N) is 1. The van der Waals surface area contributed by atoms with E-state index in [9.17, 15) is 4.79 Å². The predicted molar refractivity (Wildman–Crippen MR) is 139 cm³/mol. The van der Waals surface area contributed by atoms with Crippen LogP contribution in [0, 0.1) is 0 Å².